The van der Waals surface area contributed by atoms with Gasteiger partial charge < -0.3 is 14.5 Å². The predicted molar refractivity (Wildman–Crippen MR) is 173 cm³/mol. The Morgan fingerprint density at radius 1 is 0.881 bits per heavy atom. The number of hydrogen-bond acceptors (Lipinski definition) is 5. The second-order valence-corrected chi connectivity index (χ2v) is 11.6. The molecule has 1 aliphatic carbocycles. The van der Waals surface area contributed by atoms with E-state index in [4.69, 9.17) is 9.84 Å². The van der Waals surface area contributed by atoms with E-state index in [1.165, 1.54) is 11.3 Å². The van der Waals surface area contributed by atoms with Gasteiger partial charge in [-0.15, -0.1) is 0 Å². The van der Waals surface area contributed by atoms with Crippen LogP contribution in [0.2, 0.25) is 0 Å². The summed E-state index contributed by atoms with van der Waals surface area (Å²) < 4.78 is 6.15. The smallest absolute Gasteiger partial charge is 0.281 e. The molecule has 6 heteroatoms. The molecule has 0 radical (unpaired) electrons. The number of rotatable bonds is 7. The summed E-state index contributed by atoms with van der Waals surface area (Å²) in [7, 11) is 8.17. The van der Waals surface area contributed by atoms with Gasteiger partial charge in [-0.3, -0.25) is 4.79 Å². The van der Waals surface area contributed by atoms with E-state index in [0.29, 0.717) is 5.75 Å². The Morgan fingerprint density at radius 3 is 2.26 bits per heavy atom. The van der Waals surface area contributed by atoms with Gasteiger partial charge in [-0.1, -0.05) is 60.7 Å². The minimum Gasteiger partial charge on any atom is -0.483 e. The molecule has 42 heavy (non-hydrogen) atoms. The molecule has 0 N–H and O–H groups in total. The largest absolute Gasteiger partial charge is 0.483 e. The van der Waals surface area contributed by atoms with Gasteiger partial charge >= 0.3 is 0 Å². The molecule has 1 heterocycles. The Bertz CT molecular complexity index is 1630. The number of fused-ring (bicyclic) bond motifs is 2. The van der Waals surface area contributed by atoms with Crippen LogP contribution >= 0.6 is 0 Å². The number of ether oxygens (including phenoxy) is 1. The predicted octanol–water partition coefficient (Wildman–Crippen LogP) is 7.17. The molecule has 2 unspecified atom stereocenters. The summed E-state index contributed by atoms with van der Waals surface area (Å²) in [5.41, 5.74) is 6.78. The number of nitrogens with zero attached hydrogens (tertiary/aromatic N) is 4. The van der Waals surface area contributed by atoms with Crippen molar-refractivity contribution < 1.29 is 9.53 Å². The van der Waals surface area contributed by atoms with Crippen LogP contribution in [-0.2, 0) is 4.79 Å². The van der Waals surface area contributed by atoms with E-state index in [1.807, 2.05) is 58.5 Å². The Balaban J connectivity index is 1.32. The zero-order chi connectivity index (χ0) is 29.2. The van der Waals surface area contributed by atoms with Crippen molar-refractivity contribution in [3.8, 4) is 5.75 Å². The molecule has 0 saturated heterocycles. The summed E-state index contributed by atoms with van der Waals surface area (Å²) in [5.74, 6) is 0.707. The maximum absolute atomic E-state index is 13.9. The Kier molecular flexibility index (Phi) is 7.70. The molecular weight excluding hydrogens is 520 g/mol. The minimum atomic E-state index is -0.167. The van der Waals surface area contributed by atoms with E-state index in [0.717, 1.165) is 52.6 Å². The van der Waals surface area contributed by atoms with Crippen LogP contribution in [0.4, 0.5) is 11.4 Å². The topological polar surface area (TPSA) is 48.4 Å². The van der Waals surface area contributed by atoms with E-state index in [1.54, 1.807) is 5.01 Å². The van der Waals surface area contributed by atoms with Crippen LogP contribution in [0.5, 0.6) is 5.75 Å². The van der Waals surface area contributed by atoms with Gasteiger partial charge in [0.15, 0.2) is 6.61 Å². The van der Waals surface area contributed by atoms with E-state index in [-0.39, 0.29) is 24.5 Å². The summed E-state index contributed by atoms with van der Waals surface area (Å²) >= 11 is 0. The number of anilines is 2. The first-order valence-corrected chi connectivity index (χ1v) is 14.7. The first-order valence-electron chi connectivity index (χ1n) is 14.7. The molecule has 6 rings (SSSR count). The van der Waals surface area contributed by atoms with Crippen molar-refractivity contribution in [2.75, 3.05) is 44.6 Å². The molecule has 1 saturated carbocycles. The molecule has 4 aromatic carbocycles. The quantitative estimate of drug-likeness (QED) is 0.241. The zero-order valence-electron chi connectivity index (χ0n) is 24.8. The third kappa shape index (κ3) is 5.49. The second-order valence-electron chi connectivity index (χ2n) is 11.6. The highest BCUT2D eigenvalue weighted by Gasteiger charge is 2.43. The normalized spacial score (nSPS) is 19.0. The molecule has 0 aromatic heterocycles. The fourth-order valence-electron chi connectivity index (χ4n) is 6.11. The third-order valence-electron chi connectivity index (χ3n) is 8.36. The van der Waals surface area contributed by atoms with E-state index in [2.05, 4.69) is 76.5 Å². The van der Waals surface area contributed by atoms with Gasteiger partial charge in [-0.25, -0.2) is 5.01 Å². The van der Waals surface area contributed by atoms with Gasteiger partial charge in [-0.2, -0.15) is 5.10 Å². The maximum atomic E-state index is 13.9. The number of amides is 1. The summed E-state index contributed by atoms with van der Waals surface area (Å²) in [6, 6.07) is 30.9. The van der Waals surface area contributed by atoms with Crippen molar-refractivity contribution >= 4 is 39.8 Å². The molecule has 0 bridgehead atoms. The van der Waals surface area contributed by atoms with Crippen LogP contribution < -0.4 is 14.5 Å². The minimum absolute atomic E-state index is 0.0746. The second kappa shape index (κ2) is 11.7. The van der Waals surface area contributed by atoms with Crippen LogP contribution in [0.1, 0.15) is 36.4 Å². The molecule has 1 amide bonds. The van der Waals surface area contributed by atoms with Crippen LogP contribution in [-0.4, -0.2) is 51.4 Å². The zero-order valence-corrected chi connectivity index (χ0v) is 24.8. The van der Waals surface area contributed by atoms with E-state index in [9.17, 15) is 4.79 Å². The SMILES string of the molecule is CN(C)c1ccc(C=C2CCCC3C2=NN(C(=O)COc2cccc4ccccc24)C3c2ccc(N(C)C)cc2)cc1. The Morgan fingerprint density at radius 2 is 1.55 bits per heavy atom. The van der Waals surface area contributed by atoms with Crippen LogP contribution in [0.25, 0.3) is 16.8 Å². The molecule has 1 aliphatic heterocycles. The van der Waals surface area contributed by atoms with Gasteiger partial charge in [0.05, 0.1) is 11.8 Å². The summed E-state index contributed by atoms with van der Waals surface area (Å²) in [4.78, 5) is 18.1. The highest BCUT2D eigenvalue weighted by atomic mass is 16.5. The van der Waals surface area contributed by atoms with Crippen molar-refractivity contribution in [3.63, 3.8) is 0 Å². The average molecular weight is 559 g/mol. The number of carbonyl (C=O) groups is 1. The van der Waals surface area contributed by atoms with Crippen molar-refractivity contribution in [1.29, 1.82) is 0 Å². The number of benzene rings is 4. The molecule has 2 atom stereocenters. The standard InChI is InChI=1S/C36H38N4O2/c1-38(2)29-19-15-25(16-20-29)23-28-11-7-13-32-35(28)37-40(36(32)27-17-21-30(22-18-27)39(3)4)34(41)24-42-33-14-8-10-26-9-5-6-12-31(26)33/h5-6,8-10,12,14-23,32,36H,7,11,13,24H2,1-4H3. The first-order chi connectivity index (χ1) is 20.4. The van der Waals surface area contributed by atoms with Crippen LogP contribution in [0.15, 0.2) is 102 Å². The van der Waals surface area contributed by atoms with Crippen LogP contribution in [0.3, 0.4) is 0 Å². The summed E-state index contributed by atoms with van der Waals surface area (Å²) in [5, 5.41) is 8.84. The molecule has 1 fully saturated rings. The molecule has 0 spiro atoms. The maximum Gasteiger partial charge on any atom is 0.281 e. The lowest BCUT2D eigenvalue weighted by molar-refractivity contribution is -0.135. The number of hydrogen-bond donors (Lipinski definition) is 0. The highest BCUT2D eigenvalue weighted by molar-refractivity contribution is 6.08. The molecule has 6 nitrogen and oxygen atoms in total. The number of allylic oxidation sites excluding steroid dienone is 1. The van der Waals surface area contributed by atoms with Gasteiger partial charge in [0.1, 0.15) is 5.75 Å². The Labute approximate surface area is 248 Å². The molecular formula is C36H38N4O2. The van der Waals surface area contributed by atoms with Crippen molar-refractivity contribution in [2.24, 2.45) is 11.0 Å². The van der Waals surface area contributed by atoms with Crippen LogP contribution in [0, 0.1) is 5.92 Å². The third-order valence-corrected chi connectivity index (χ3v) is 8.36. The summed E-state index contributed by atoms with van der Waals surface area (Å²) in [6.07, 6.45) is 5.25. The lowest BCUT2D eigenvalue weighted by atomic mass is 9.77. The Hall–Kier alpha value is -4.58. The van der Waals surface area contributed by atoms with Crippen molar-refractivity contribution in [1.82, 2.24) is 5.01 Å². The van der Waals surface area contributed by atoms with Crippen molar-refractivity contribution in [2.45, 2.75) is 25.3 Å². The summed E-state index contributed by atoms with van der Waals surface area (Å²) in [6.45, 7) is -0.0746. The highest BCUT2D eigenvalue weighted by Crippen LogP contribution is 2.44. The lowest BCUT2D eigenvalue weighted by Crippen LogP contribution is -2.34. The van der Waals surface area contributed by atoms with Gasteiger partial charge in [0, 0.05) is 50.9 Å². The number of hydrazone groups is 1. The molecule has 214 valence electrons. The average Bonchev–Trinajstić information content (AvgIpc) is 3.41. The monoisotopic (exact) mass is 558 g/mol. The molecule has 2 aliphatic rings. The van der Waals surface area contributed by atoms with Gasteiger partial charge in [0.2, 0.25) is 0 Å². The fraction of sp³-hybridized carbons (Fsp3) is 0.278. The van der Waals surface area contributed by atoms with E-state index >= 15 is 0 Å². The van der Waals surface area contributed by atoms with Crippen molar-refractivity contribution in [3.05, 3.63) is 108 Å². The fourth-order valence-corrected chi connectivity index (χ4v) is 6.11. The number of carbonyl (C=O) groups excluding carboxylic acids is 1. The van der Waals surface area contributed by atoms with E-state index < -0.39 is 0 Å². The van der Waals surface area contributed by atoms with Gasteiger partial charge in [-0.05, 0) is 77.8 Å². The molecule has 4 aromatic rings. The first kappa shape index (κ1) is 27.6. The van der Waals surface area contributed by atoms with Gasteiger partial charge in [0.25, 0.3) is 5.91 Å². The lowest BCUT2D eigenvalue weighted by Gasteiger charge is -2.30.